The van der Waals surface area contributed by atoms with Gasteiger partial charge in [0.05, 0.1) is 11.3 Å². The highest BCUT2D eigenvalue weighted by atomic mass is 16.1. The highest BCUT2D eigenvalue weighted by Gasteiger charge is 2.13. The van der Waals surface area contributed by atoms with Crippen LogP contribution in [-0.2, 0) is 6.54 Å². The predicted molar refractivity (Wildman–Crippen MR) is 87.3 cm³/mol. The largest absolute Gasteiger partial charge is 0.352 e. The number of rotatable bonds is 6. The lowest BCUT2D eigenvalue weighted by atomic mass is 10.1. The van der Waals surface area contributed by atoms with Crippen LogP contribution in [-0.4, -0.2) is 32.0 Å². The number of nitrogens with zero attached hydrogens (tertiary/aromatic N) is 4. The molecule has 6 heteroatoms. The lowest BCUT2D eigenvalue weighted by Gasteiger charge is -2.14. The fourth-order valence-corrected chi connectivity index (χ4v) is 2.43. The van der Waals surface area contributed by atoms with Gasteiger partial charge in [0, 0.05) is 37.9 Å². The molecule has 23 heavy (non-hydrogen) atoms. The van der Waals surface area contributed by atoms with Gasteiger partial charge in [-0.2, -0.15) is 10.2 Å². The first-order chi connectivity index (χ1) is 11.2. The van der Waals surface area contributed by atoms with Crippen molar-refractivity contribution >= 4 is 5.91 Å². The average Bonchev–Trinajstić information content (AvgIpc) is 3.26. The van der Waals surface area contributed by atoms with Crippen molar-refractivity contribution in [2.24, 2.45) is 5.92 Å². The van der Waals surface area contributed by atoms with Crippen LogP contribution in [0.2, 0.25) is 0 Å². The third-order valence-electron chi connectivity index (χ3n) is 3.57. The SMILES string of the molecule is CC(CNC(=O)c1ccccc1-n1cccn1)Cn1cccn1. The Bertz CT molecular complexity index is 749. The molecule has 1 atom stereocenters. The summed E-state index contributed by atoms with van der Waals surface area (Å²) in [6.07, 6.45) is 7.20. The monoisotopic (exact) mass is 309 g/mol. The van der Waals surface area contributed by atoms with Crippen LogP contribution in [0, 0.1) is 5.92 Å². The van der Waals surface area contributed by atoms with Crippen molar-refractivity contribution in [2.75, 3.05) is 6.54 Å². The molecule has 1 aromatic carbocycles. The van der Waals surface area contributed by atoms with Crippen LogP contribution < -0.4 is 5.32 Å². The Kier molecular flexibility index (Phi) is 4.52. The molecule has 0 aliphatic rings. The van der Waals surface area contributed by atoms with Gasteiger partial charge in [0.15, 0.2) is 0 Å². The number of carbonyl (C=O) groups excluding carboxylic acids is 1. The molecule has 1 N–H and O–H groups in total. The normalized spacial score (nSPS) is 12.0. The van der Waals surface area contributed by atoms with Crippen LogP contribution >= 0.6 is 0 Å². The molecule has 6 nitrogen and oxygen atoms in total. The third-order valence-corrected chi connectivity index (χ3v) is 3.57. The van der Waals surface area contributed by atoms with Gasteiger partial charge < -0.3 is 5.32 Å². The van der Waals surface area contributed by atoms with Gasteiger partial charge in [-0.15, -0.1) is 0 Å². The number of hydrogen-bond acceptors (Lipinski definition) is 3. The van der Waals surface area contributed by atoms with E-state index in [1.807, 2.05) is 53.5 Å². The highest BCUT2D eigenvalue weighted by Crippen LogP contribution is 2.13. The van der Waals surface area contributed by atoms with Gasteiger partial charge in [-0.3, -0.25) is 9.48 Å². The average molecular weight is 309 g/mol. The zero-order chi connectivity index (χ0) is 16.1. The Morgan fingerprint density at radius 1 is 1.13 bits per heavy atom. The summed E-state index contributed by atoms with van der Waals surface area (Å²) in [7, 11) is 0. The van der Waals surface area contributed by atoms with Crippen molar-refractivity contribution in [1.82, 2.24) is 24.9 Å². The Morgan fingerprint density at radius 2 is 1.91 bits per heavy atom. The summed E-state index contributed by atoms with van der Waals surface area (Å²) >= 11 is 0. The lowest BCUT2D eigenvalue weighted by molar-refractivity contribution is 0.0946. The smallest absolute Gasteiger partial charge is 0.253 e. The lowest BCUT2D eigenvalue weighted by Crippen LogP contribution is -2.30. The Labute approximate surface area is 134 Å². The van der Waals surface area contributed by atoms with E-state index in [9.17, 15) is 4.79 Å². The predicted octanol–water partition coefficient (Wildman–Crippen LogP) is 2.13. The summed E-state index contributed by atoms with van der Waals surface area (Å²) in [6.45, 7) is 3.45. The van der Waals surface area contributed by atoms with Gasteiger partial charge in [-0.25, -0.2) is 4.68 Å². The summed E-state index contributed by atoms with van der Waals surface area (Å²) in [5.41, 5.74) is 1.39. The molecular formula is C17H19N5O. The molecule has 0 saturated heterocycles. The summed E-state index contributed by atoms with van der Waals surface area (Å²) < 4.78 is 3.57. The Balaban J connectivity index is 1.65. The molecule has 0 bridgehead atoms. The molecule has 0 aliphatic carbocycles. The number of benzene rings is 1. The van der Waals surface area contributed by atoms with Gasteiger partial charge in [0.1, 0.15) is 0 Å². The maximum atomic E-state index is 12.5. The maximum absolute atomic E-state index is 12.5. The van der Waals surface area contributed by atoms with Gasteiger partial charge in [-0.05, 0) is 30.2 Å². The van der Waals surface area contributed by atoms with Crippen molar-refractivity contribution < 1.29 is 4.79 Å². The molecule has 3 rings (SSSR count). The summed E-state index contributed by atoms with van der Waals surface area (Å²) in [4.78, 5) is 12.5. The molecule has 1 amide bonds. The van der Waals surface area contributed by atoms with Crippen molar-refractivity contribution in [1.29, 1.82) is 0 Å². The van der Waals surface area contributed by atoms with Gasteiger partial charge in [0.25, 0.3) is 5.91 Å². The third kappa shape index (κ3) is 3.66. The molecule has 0 radical (unpaired) electrons. The zero-order valence-corrected chi connectivity index (χ0v) is 13.0. The highest BCUT2D eigenvalue weighted by molar-refractivity contribution is 5.97. The molecule has 0 saturated carbocycles. The van der Waals surface area contributed by atoms with Crippen LogP contribution in [0.15, 0.2) is 61.2 Å². The molecule has 118 valence electrons. The van der Waals surface area contributed by atoms with Crippen molar-refractivity contribution in [3.8, 4) is 5.69 Å². The number of carbonyl (C=O) groups is 1. The van der Waals surface area contributed by atoms with E-state index >= 15 is 0 Å². The van der Waals surface area contributed by atoms with Crippen LogP contribution in [0.1, 0.15) is 17.3 Å². The number of aromatic nitrogens is 4. The molecule has 3 aromatic rings. The summed E-state index contributed by atoms with van der Waals surface area (Å²) in [6, 6.07) is 11.2. The topological polar surface area (TPSA) is 64.7 Å². The number of amides is 1. The first-order valence-corrected chi connectivity index (χ1v) is 7.58. The van der Waals surface area contributed by atoms with Gasteiger partial charge in [0.2, 0.25) is 0 Å². The molecule has 1 unspecified atom stereocenters. The number of nitrogens with one attached hydrogen (secondary N) is 1. The second-order valence-electron chi connectivity index (χ2n) is 5.51. The van der Waals surface area contributed by atoms with E-state index < -0.39 is 0 Å². The maximum Gasteiger partial charge on any atom is 0.253 e. The second kappa shape index (κ2) is 6.91. The molecule has 2 heterocycles. The fraction of sp³-hybridized carbons (Fsp3) is 0.235. The number of hydrogen-bond donors (Lipinski definition) is 1. The van der Waals surface area contributed by atoms with Crippen LogP contribution in [0.3, 0.4) is 0 Å². The Hall–Kier alpha value is -2.89. The number of para-hydroxylation sites is 1. The van der Waals surface area contributed by atoms with Crippen LogP contribution in [0.4, 0.5) is 0 Å². The van der Waals surface area contributed by atoms with E-state index in [4.69, 9.17) is 0 Å². The van der Waals surface area contributed by atoms with E-state index in [0.717, 1.165) is 12.2 Å². The van der Waals surface area contributed by atoms with Crippen molar-refractivity contribution in [2.45, 2.75) is 13.5 Å². The summed E-state index contributed by atoms with van der Waals surface area (Å²) in [5, 5.41) is 11.4. The molecule has 0 fully saturated rings. The molecule has 0 spiro atoms. The summed E-state index contributed by atoms with van der Waals surface area (Å²) in [5.74, 6) is 0.194. The van der Waals surface area contributed by atoms with E-state index in [1.165, 1.54) is 0 Å². The van der Waals surface area contributed by atoms with Crippen molar-refractivity contribution in [3.63, 3.8) is 0 Å². The molecular weight excluding hydrogens is 290 g/mol. The van der Waals surface area contributed by atoms with E-state index in [-0.39, 0.29) is 11.8 Å². The first kappa shape index (κ1) is 15.0. The quantitative estimate of drug-likeness (QED) is 0.758. The minimum atomic E-state index is -0.0941. The standard InChI is InChI=1S/C17H19N5O/c1-14(13-21-10-4-8-19-21)12-18-17(23)15-6-2-3-7-16(15)22-11-5-9-20-22/h2-11,14H,12-13H2,1H3,(H,18,23). The van der Waals surface area contributed by atoms with Crippen LogP contribution in [0.25, 0.3) is 5.69 Å². The minimum Gasteiger partial charge on any atom is -0.352 e. The van der Waals surface area contributed by atoms with Gasteiger partial charge >= 0.3 is 0 Å². The minimum absolute atomic E-state index is 0.0941. The second-order valence-corrected chi connectivity index (χ2v) is 5.51. The molecule has 2 aromatic heterocycles. The zero-order valence-electron chi connectivity index (χ0n) is 13.0. The van der Waals surface area contributed by atoms with Gasteiger partial charge in [-0.1, -0.05) is 19.1 Å². The Morgan fingerprint density at radius 3 is 2.65 bits per heavy atom. The van der Waals surface area contributed by atoms with Crippen LogP contribution in [0.5, 0.6) is 0 Å². The van der Waals surface area contributed by atoms with E-state index in [2.05, 4.69) is 22.4 Å². The van der Waals surface area contributed by atoms with E-state index in [1.54, 1.807) is 17.1 Å². The first-order valence-electron chi connectivity index (χ1n) is 7.58. The fourth-order valence-electron chi connectivity index (χ4n) is 2.43. The molecule has 0 aliphatic heterocycles. The van der Waals surface area contributed by atoms with Crippen molar-refractivity contribution in [3.05, 3.63) is 66.7 Å². The van der Waals surface area contributed by atoms with E-state index in [0.29, 0.717) is 12.1 Å².